The van der Waals surface area contributed by atoms with Crippen molar-refractivity contribution in [1.82, 2.24) is 10.4 Å². The predicted octanol–water partition coefficient (Wildman–Crippen LogP) is 2.45. The third kappa shape index (κ3) is 4.52. The maximum Gasteiger partial charge on any atom is 0.327 e. The van der Waals surface area contributed by atoms with Crippen molar-refractivity contribution in [3.05, 3.63) is 76.9 Å². The van der Waals surface area contributed by atoms with Crippen molar-refractivity contribution in [2.75, 3.05) is 13.2 Å². The molecule has 10 nitrogen and oxygen atoms in total. The molecule has 4 aliphatic heterocycles. The van der Waals surface area contributed by atoms with E-state index in [-0.39, 0.29) is 32.0 Å². The third-order valence-corrected chi connectivity index (χ3v) is 11.0. The normalized spacial score (nSPS) is 38.6. The molecule has 2 bridgehead atoms. The number of hydrogen-bond acceptors (Lipinski definition) is 9. The van der Waals surface area contributed by atoms with Crippen LogP contribution in [0.3, 0.4) is 0 Å². The number of nitrogens with zero attached hydrogens (tertiary/aromatic N) is 1. The number of hydroxylamine groups is 2. The Kier molecular flexibility index (Phi) is 6.53. The van der Waals surface area contributed by atoms with E-state index in [9.17, 15) is 14.7 Å². The van der Waals surface area contributed by atoms with E-state index < -0.39 is 47.6 Å². The fraction of sp³-hybridized carbons (Fsp3) is 0.543. The van der Waals surface area contributed by atoms with Crippen molar-refractivity contribution in [1.29, 1.82) is 0 Å². The van der Waals surface area contributed by atoms with Gasteiger partial charge in [-0.3, -0.25) is 14.4 Å². The third-order valence-electron chi connectivity index (χ3n) is 11.0. The summed E-state index contributed by atoms with van der Waals surface area (Å²) in [6, 6.07) is 15.4. The molecule has 1 amide bonds. The Hall–Kier alpha value is -3.12. The van der Waals surface area contributed by atoms with Crippen molar-refractivity contribution >= 4 is 18.0 Å². The number of aliphatic hydroxyl groups is 1. The summed E-state index contributed by atoms with van der Waals surface area (Å²) >= 11 is 0. The van der Waals surface area contributed by atoms with Gasteiger partial charge in [0.05, 0.1) is 25.4 Å². The molecule has 2 N–H and O–H groups in total. The second-order valence-corrected chi connectivity index (χ2v) is 13.8. The molecule has 236 valence electrons. The first-order valence-corrected chi connectivity index (χ1v) is 16.3. The van der Waals surface area contributed by atoms with Crippen LogP contribution in [0.2, 0.25) is 0 Å². The molecule has 1 spiro atoms. The lowest BCUT2D eigenvalue weighted by molar-refractivity contribution is -0.217. The minimum absolute atomic E-state index is 0.0779. The zero-order valence-corrected chi connectivity index (χ0v) is 25.0. The number of rotatable bonds is 7. The number of nitrogens with one attached hydrogen (secondary N) is 1. The number of amides is 1. The highest BCUT2D eigenvalue weighted by molar-refractivity contribution is 5.93. The van der Waals surface area contributed by atoms with E-state index in [2.05, 4.69) is 41.7 Å². The lowest BCUT2D eigenvalue weighted by atomic mass is 9.62. The Bertz CT molecular complexity index is 1520. The van der Waals surface area contributed by atoms with Crippen LogP contribution in [-0.2, 0) is 52.8 Å². The van der Waals surface area contributed by atoms with Gasteiger partial charge in [0.25, 0.3) is 0 Å². The van der Waals surface area contributed by atoms with Crippen molar-refractivity contribution < 1.29 is 38.5 Å². The fourth-order valence-corrected chi connectivity index (χ4v) is 8.86. The van der Waals surface area contributed by atoms with E-state index >= 15 is 0 Å². The highest BCUT2D eigenvalue weighted by Gasteiger charge is 2.76. The number of aliphatic hydroxyl groups excluding tert-OH is 1. The average molecular weight is 615 g/mol. The van der Waals surface area contributed by atoms with Crippen LogP contribution in [0.1, 0.15) is 47.9 Å². The molecule has 10 heteroatoms. The summed E-state index contributed by atoms with van der Waals surface area (Å²) in [7, 11) is 0. The molecule has 3 aliphatic carbocycles. The topological polar surface area (TPSA) is 119 Å². The Morgan fingerprint density at radius 3 is 2.53 bits per heavy atom. The van der Waals surface area contributed by atoms with E-state index in [1.807, 2.05) is 24.3 Å². The highest BCUT2D eigenvalue weighted by Crippen LogP contribution is 2.58. The van der Waals surface area contributed by atoms with Gasteiger partial charge in [-0.05, 0) is 47.4 Å². The summed E-state index contributed by atoms with van der Waals surface area (Å²) in [4.78, 5) is 34.4. The number of carbonyl (C=O) groups is 2. The van der Waals surface area contributed by atoms with Crippen LogP contribution in [0.15, 0.2) is 54.6 Å². The summed E-state index contributed by atoms with van der Waals surface area (Å²) in [5.74, 6) is -1.18. The lowest BCUT2D eigenvalue weighted by Crippen LogP contribution is -2.69. The SMILES string of the molecule is O=C1OC2CC3(C(=O)NCCO)C(ON(Cc4ccc(C=CC5CCC6OC6C5)cc4)C13)C1OC3(Cc4ccccc4C3)OC21. The second-order valence-electron chi connectivity index (χ2n) is 13.8. The number of epoxide rings is 1. The van der Waals surface area contributed by atoms with Gasteiger partial charge in [-0.15, -0.1) is 0 Å². The van der Waals surface area contributed by atoms with E-state index in [0.29, 0.717) is 31.0 Å². The van der Waals surface area contributed by atoms with Crippen LogP contribution >= 0.6 is 0 Å². The summed E-state index contributed by atoms with van der Waals surface area (Å²) in [5, 5.41) is 14.0. The van der Waals surface area contributed by atoms with Crippen LogP contribution in [0.25, 0.3) is 6.08 Å². The van der Waals surface area contributed by atoms with Crippen molar-refractivity contribution in [3.63, 3.8) is 0 Å². The molecule has 0 aromatic heterocycles. The van der Waals surface area contributed by atoms with Gasteiger partial charge >= 0.3 is 5.97 Å². The van der Waals surface area contributed by atoms with Crippen LogP contribution in [0, 0.1) is 11.3 Å². The lowest BCUT2D eigenvalue weighted by Gasteiger charge is -2.48. The van der Waals surface area contributed by atoms with Gasteiger partial charge in [-0.1, -0.05) is 60.7 Å². The van der Waals surface area contributed by atoms with Gasteiger partial charge in [0.15, 0.2) is 11.8 Å². The quantitative estimate of drug-likeness (QED) is 0.358. The summed E-state index contributed by atoms with van der Waals surface area (Å²) < 4.78 is 25.1. The Labute approximate surface area is 261 Å². The number of fused-ring (bicyclic) bond motifs is 6. The van der Waals surface area contributed by atoms with Crippen molar-refractivity contribution in [3.8, 4) is 0 Å². The molecule has 0 radical (unpaired) electrons. The number of esters is 1. The number of allylic oxidation sites excluding steroid dienone is 1. The smallest absolute Gasteiger partial charge is 0.327 e. The highest BCUT2D eigenvalue weighted by atomic mass is 16.8. The molecule has 9 unspecified atom stereocenters. The van der Waals surface area contributed by atoms with E-state index in [0.717, 1.165) is 24.0 Å². The number of benzene rings is 2. The molecule has 2 saturated carbocycles. The van der Waals surface area contributed by atoms with E-state index in [1.165, 1.54) is 17.5 Å². The van der Waals surface area contributed by atoms with Gasteiger partial charge in [-0.2, -0.15) is 5.06 Å². The van der Waals surface area contributed by atoms with Gasteiger partial charge in [0.2, 0.25) is 5.91 Å². The summed E-state index contributed by atoms with van der Waals surface area (Å²) in [6.07, 6.45) is 7.68. The van der Waals surface area contributed by atoms with E-state index in [1.54, 1.807) is 5.06 Å². The second kappa shape index (κ2) is 10.4. The van der Waals surface area contributed by atoms with E-state index in [4.69, 9.17) is 23.8 Å². The monoisotopic (exact) mass is 614 g/mol. The first-order chi connectivity index (χ1) is 21.9. The number of carbonyl (C=O) groups excluding carboxylic acids is 2. The van der Waals surface area contributed by atoms with Crippen molar-refractivity contribution in [2.24, 2.45) is 11.3 Å². The first kappa shape index (κ1) is 28.1. The zero-order valence-electron chi connectivity index (χ0n) is 25.0. The molecule has 6 fully saturated rings. The Morgan fingerprint density at radius 2 is 1.78 bits per heavy atom. The fourth-order valence-electron chi connectivity index (χ4n) is 8.86. The molecule has 2 aromatic rings. The van der Waals surface area contributed by atoms with Gasteiger partial charge < -0.3 is 29.4 Å². The molecule has 2 aromatic carbocycles. The molecule has 7 aliphatic rings. The molecule has 45 heavy (non-hydrogen) atoms. The summed E-state index contributed by atoms with van der Waals surface area (Å²) in [6.45, 7) is 0.158. The van der Waals surface area contributed by atoms with Gasteiger partial charge in [0, 0.05) is 25.8 Å². The minimum atomic E-state index is -1.25. The maximum atomic E-state index is 14.0. The van der Waals surface area contributed by atoms with Gasteiger partial charge in [-0.25, -0.2) is 0 Å². The molecule has 4 saturated heterocycles. The van der Waals surface area contributed by atoms with Crippen LogP contribution in [0.5, 0.6) is 0 Å². The van der Waals surface area contributed by atoms with Crippen LogP contribution < -0.4 is 5.32 Å². The summed E-state index contributed by atoms with van der Waals surface area (Å²) in [5.41, 5.74) is 3.14. The Morgan fingerprint density at radius 1 is 1.00 bits per heavy atom. The molecule has 4 heterocycles. The molecular weight excluding hydrogens is 576 g/mol. The minimum Gasteiger partial charge on any atom is -0.458 e. The van der Waals surface area contributed by atoms with Crippen LogP contribution in [-0.4, -0.2) is 83.7 Å². The Balaban J connectivity index is 0.982. The molecule has 9 atom stereocenters. The standard InChI is InChI=1S/C35H38N2O8/c38-14-13-36-33(40)35-18-27-28-29(44-34(43-28)16-23-3-1-2-4-24(23)17-34)31(35)45-37(30(35)32(39)42-27)19-22-9-6-20(7-10-22)5-8-21-11-12-25-26(15-21)41-25/h1-10,21,25-31,38H,11-19H2,(H,36,40). The molecular formula is C35H38N2O8. The van der Waals surface area contributed by atoms with Gasteiger partial charge in [0.1, 0.15) is 29.8 Å². The molecule has 9 rings (SSSR count). The average Bonchev–Trinajstić information content (AvgIpc) is 3.39. The number of ether oxygens (including phenoxy) is 4. The number of hydrogen-bond donors (Lipinski definition) is 2. The zero-order chi connectivity index (χ0) is 30.3. The predicted molar refractivity (Wildman–Crippen MR) is 159 cm³/mol. The first-order valence-electron chi connectivity index (χ1n) is 16.3. The largest absolute Gasteiger partial charge is 0.458 e. The maximum absolute atomic E-state index is 14.0. The van der Waals surface area contributed by atoms with Crippen molar-refractivity contribution in [2.45, 2.75) is 93.5 Å². The van der Waals surface area contributed by atoms with Crippen LogP contribution in [0.4, 0.5) is 0 Å².